The van der Waals surface area contributed by atoms with Gasteiger partial charge in [-0.2, -0.15) is 0 Å². The summed E-state index contributed by atoms with van der Waals surface area (Å²) in [7, 11) is 2.60. The summed E-state index contributed by atoms with van der Waals surface area (Å²) in [6.07, 6.45) is 10.9. The minimum atomic E-state index is -1.12. The molecule has 0 fully saturated rings. The zero-order valence-electron chi connectivity index (χ0n) is 23.4. The molecule has 0 unspecified atom stereocenters. The average molecular weight is 555 g/mol. The molecule has 0 bridgehead atoms. The summed E-state index contributed by atoms with van der Waals surface area (Å²) in [6, 6.07) is 26.5. The highest BCUT2D eigenvalue weighted by atomic mass is 16.5. The van der Waals surface area contributed by atoms with Gasteiger partial charge in [-0.1, -0.05) is 47.7 Å². The molecule has 0 heterocycles. The molecule has 0 radical (unpaired) electrons. The molecule has 1 spiro atoms. The van der Waals surface area contributed by atoms with Crippen LogP contribution in [-0.2, 0) is 24.5 Å². The summed E-state index contributed by atoms with van der Waals surface area (Å²) in [5.41, 5.74) is 7.34. The van der Waals surface area contributed by atoms with Crippen molar-refractivity contribution >= 4 is 11.9 Å². The van der Waals surface area contributed by atoms with Gasteiger partial charge >= 0.3 is 11.9 Å². The lowest BCUT2D eigenvalue weighted by molar-refractivity contribution is -0.137. The molecule has 43 heavy (non-hydrogen) atoms. The van der Waals surface area contributed by atoms with Gasteiger partial charge in [-0.3, -0.25) is 0 Å². The van der Waals surface area contributed by atoms with Gasteiger partial charge in [0, 0.05) is 33.4 Å². The number of terminal acetylenes is 2. The fraction of sp³-hybridized carbons (Fsp3) is 0.0769. The SMILES string of the molecule is C#Cc1ccc(C#Cc2ccc3c(c2)C2(C(C(=O)OC)=C2C(=O)OC)c2cc(C#Cc4ccc(C#C)cc4)ccc2-3)cc1. The highest BCUT2D eigenvalue weighted by Crippen LogP contribution is 2.66. The number of fused-ring (bicyclic) bond motifs is 5. The largest absolute Gasteiger partial charge is 0.466 e. The second-order valence-electron chi connectivity index (χ2n) is 9.95. The number of hydrogen-bond acceptors (Lipinski definition) is 4. The van der Waals surface area contributed by atoms with Crippen molar-refractivity contribution in [2.24, 2.45) is 0 Å². The molecule has 0 atom stereocenters. The number of carbonyl (C=O) groups is 2. The third-order valence-corrected chi connectivity index (χ3v) is 7.66. The summed E-state index contributed by atoms with van der Waals surface area (Å²) >= 11 is 0. The lowest BCUT2D eigenvalue weighted by Gasteiger charge is -2.17. The Labute approximate surface area is 250 Å². The molecule has 0 N–H and O–H groups in total. The summed E-state index contributed by atoms with van der Waals surface area (Å²) in [6.45, 7) is 0. The van der Waals surface area contributed by atoms with Crippen LogP contribution in [0, 0.1) is 48.4 Å². The smallest absolute Gasteiger partial charge is 0.335 e. The molecule has 0 aliphatic heterocycles. The highest BCUT2D eigenvalue weighted by Gasteiger charge is 2.67. The van der Waals surface area contributed by atoms with E-state index in [1.54, 1.807) is 0 Å². The van der Waals surface area contributed by atoms with Crippen molar-refractivity contribution in [3.63, 3.8) is 0 Å². The second kappa shape index (κ2) is 10.7. The summed E-state index contributed by atoms with van der Waals surface area (Å²) in [4.78, 5) is 26.2. The molecule has 4 aromatic rings. The Bertz CT molecular complexity index is 1940. The van der Waals surface area contributed by atoms with Crippen LogP contribution in [0.4, 0.5) is 0 Å². The van der Waals surface area contributed by atoms with Gasteiger partial charge in [0.15, 0.2) is 0 Å². The normalized spacial score (nSPS) is 12.7. The zero-order chi connectivity index (χ0) is 30.1. The third kappa shape index (κ3) is 4.46. The second-order valence-corrected chi connectivity index (χ2v) is 9.95. The predicted octanol–water partition coefficient (Wildman–Crippen LogP) is 5.37. The van der Waals surface area contributed by atoms with Crippen LogP contribution >= 0.6 is 0 Å². The van der Waals surface area contributed by atoms with E-state index in [1.165, 1.54) is 14.2 Å². The molecule has 4 heteroatoms. The first kappa shape index (κ1) is 27.0. The number of hydrogen-bond donors (Lipinski definition) is 0. The first-order valence-corrected chi connectivity index (χ1v) is 13.3. The third-order valence-electron chi connectivity index (χ3n) is 7.66. The molecular formula is C39H22O4. The monoisotopic (exact) mass is 554 g/mol. The lowest BCUT2D eigenvalue weighted by atomic mass is 9.84. The van der Waals surface area contributed by atoms with E-state index >= 15 is 0 Å². The molecule has 4 nitrogen and oxygen atoms in total. The summed E-state index contributed by atoms with van der Waals surface area (Å²) < 4.78 is 10.3. The van der Waals surface area contributed by atoms with Crippen molar-refractivity contribution in [3.8, 4) is 59.5 Å². The van der Waals surface area contributed by atoms with Crippen LogP contribution in [-0.4, -0.2) is 26.2 Å². The average Bonchev–Trinajstić information content (AvgIpc) is 3.69. The Morgan fingerprint density at radius 3 is 1.21 bits per heavy atom. The van der Waals surface area contributed by atoms with Gasteiger partial charge < -0.3 is 9.47 Å². The molecule has 0 aromatic heterocycles. The van der Waals surface area contributed by atoms with Gasteiger partial charge in [-0.05, 0) is 95.1 Å². The van der Waals surface area contributed by atoms with E-state index in [4.69, 9.17) is 22.3 Å². The quantitative estimate of drug-likeness (QED) is 0.247. The minimum absolute atomic E-state index is 0.256. The number of carbonyl (C=O) groups excluding carboxylic acids is 2. The first-order valence-electron chi connectivity index (χ1n) is 13.3. The highest BCUT2D eigenvalue weighted by molar-refractivity contribution is 6.19. The number of esters is 2. The van der Waals surface area contributed by atoms with E-state index in [9.17, 15) is 9.59 Å². The van der Waals surface area contributed by atoms with Crippen molar-refractivity contribution in [1.29, 1.82) is 0 Å². The van der Waals surface area contributed by atoms with E-state index in [-0.39, 0.29) is 11.1 Å². The summed E-state index contributed by atoms with van der Waals surface area (Å²) in [5, 5.41) is 0. The van der Waals surface area contributed by atoms with Crippen LogP contribution in [0.1, 0.15) is 44.5 Å². The van der Waals surface area contributed by atoms with Crippen LogP contribution in [0.3, 0.4) is 0 Å². The van der Waals surface area contributed by atoms with Gasteiger partial charge in [-0.25, -0.2) is 9.59 Å². The predicted molar refractivity (Wildman–Crippen MR) is 164 cm³/mol. The lowest BCUT2D eigenvalue weighted by Crippen LogP contribution is -2.19. The fourth-order valence-corrected chi connectivity index (χ4v) is 5.60. The Balaban J connectivity index is 1.47. The fourth-order valence-electron chi connectivity index (χ4n) is 5.60. The molecule has 2 aliphatic rings. The van der Waals surface area contributed by atoms with E-state index in [0.717, 1.165) is 55.6 Å². The van der Waals surface area contributed by atoms with Crippen LogP contribution in [0.5, 0.6) is 0 Å². The topological polar surface area (TPSA) is 52.6 Å². The van der Waals surface area contributed by atoms with Crippen LogP contribution in [0.25, 0.3) is 11.1 Å². The van der Waals surface area contributed by atoms with Gasteiger partial charge in [0.1, 0.15) is 0 Å². The number of methoxy groups -OCH3 is 2. The van der Waals surface area contributed by atoms with Crippen LogP contribution < -0.4 is 0 Å². The van der Waals surface area contributed by atoms with E-state index in [2.05, 4.69) is 35.5 Å². The van der Waals surface area contributed by atoms with Gasteiger partial charge in [0.05, 0.1) is 30.8 Å². The van der Waals surface area contributed by atoms with Gasteiger partial charge in [0.25, 0.3) is 0 Å². The van der Waals surface area contributed by atoms with Crippen molar-refractivity contribution < 1.29 is 19.1 Å². The van der Waals surface area contributed by atoms with E-state index in [1.807, 2.05) is 84.9 Å². The van der Waals surface area contributed by atoms with Crippen LogP contribution in [0.15, 0.2) is 96.1 Å². The Hall–Kier alpha value is -6.20. The van der Waals surface area contributed by atoms with E-state index in [0.29, 0.717) is 0 Å². The molecule has 2 aliphatic carbocycles. The molecule has 0 saturated heterocycles. The van der Waals surface area contributed by atoms with Crippen molar-refractivity contribution in [3.05, 3.63) is 141 Å². The zero-order valence-corrected chi connectivity index (χ0v) is 23.4. The minimum Gasteiger partial charge on any atom is -0.466 e. The molecule has 202 valence electrons. The van der Waals surface area contributed by atoms with Gasteiger partial charge in [-0.15, -0.1) is 12.8 Å². The molecule has 0 amide bonds. The summed E-state index contributed by atoms with van der Waals surface area (Å²) in [5.74, 6) is 16.8. The molecule has 6 rings (SSSR count). The number of ether oxygens (including phenoxy) is 2. The molecule has 0 saturated carbocycles. The van der Waals surface area contributed by atoms with Crippen molar-refractivity contribution in [2.75, 3.05) is 14.2 Å². The standard InChI is InChI=1S/C39H22O4/c1-5-25-7-11-27(12-8-25)15-17-29-19-21-31-32-22-20-30(18-16-28-13-9-26(6-2)10-14-28)24-34(32)39(33(31)23-29)35(37(40)42-3)36(39)38(41)43-4/h1-2,7-14,19-24H,3-4H3. The van der Waals surface area contributed by atoms with Crippen LogP contribution in [0.2, 0.25) is 0 Å². The van der Waals surface area contributed by atoms with Gasteiger partial charge in [0.2, 0.25) is 0 Å². The number of benzene rings is 4. The maximum Gasteiger partial charge on any atom is 0.335 e. The number of rotatable bonds is 2. The Morgan fingerprint density at radius 2 is 0.860 bits per heavy atom. The van der Waals surface area contributed by atoms with Crippen molar-refractivity contribution in [1.82, 2.24) is 0 Å². The first-order chi connectivity index (χ1) is 20.9. The Kier molecular flexibility index (Phi) is 6.69. The maximum absolute atomic E-state index is 13.1. The van der Waals surface area contributed by atoms with Crippen molar-refractivity contribution in [2.45, 2.75) is 5.41 Å². The molecular weight excluding hydrogens is 532 g/mol. The van der Waals surface area contributed by atoms with E-state index < -0.39 is 17.4 Å². The maximum atomic E-state index is 13.1. The molecule has 4 aromatic carbocycles. The Morgan fingerprint density at radius 1 is 0.535 bits per heavy atom.